The van der Waals surface area contributed by atoms with Crippen LogP contribution in [-0.4, -0.2) is 76.2 Å². The lowest BCUT2D eigenvalue weighted by Gasteiger charge is -2.59. The first-order chi connectivity index (χ1) is 18.9. The minimum Gasteiger partial charge on any atom is -0.493 e. The van der Waals surface area contributed by atoms with Crippen LogP contribution in [0.15, 0.2) is 24.0 Å². The summed E-state index contributed by atoms with van der Waals surface area (Å²) in [6.45, 7) is 2.43. The molecule has 1 spiro atoms. The van der Waals surface area contributed by atoms with Crippen LogP contribution in [0.5, 0.6) is 11.5 Å². The summed E-state index contributed by atoms with van der Waals surface area (Å²) in [5, 5.41) is 32.7. The predicted octanol–water partition coefficient (Wildman–Crippen LogP) is 0.884. The summed E-state index contributed by atoms with van der Waals surface area (Å²) in [7, 11) is 1.54. The van der Waals surface area contributed by atoms with Gasteiger partial charge in [-0.1, -0.05) is 12.5 Å². The summed E-state index contributed by atoms with van der Waals surface area (Å²) in [6, 6.07) is 2.19. The SMILES string of the molecule is COc1ccc2c3c1O[C@H]1C(OC(=O)[C@H](C)OC(=O)C[C@H](NC(=O)[C@H](C)O)C(=O)O)=CC[C@@]4(O)[C@H](CCC[C@]314)C2. The number of rotatable bonds is 9. The highest BCUT2D eigenvalue weighted by molar-refractivity contribution is 5.89. The van der Waals surface area contributed by atoms with Gasteiger partial charge in [0.1, 0.15) is 17.9 Å². The molecule has 3 aliphatic carbocycles. The molecular formula is C28H33NO11. The number of aliphatic hydroxyl groups excluding tert-OH is 1. The second kappa shape index (κ2) is 10.1. The maximum absolute atomic E-state index is 13.0. The van der Waals surface area contributed by atoms with Crippen LogP contribution in [0.3, 0.4) is 0 Å². The van der Waals surface area contributed by atoms with E-state index >= 15 is 0 Å². The zero-order valence-electron chi connectivity index (χ0n) is 22.5. The number of aliphatic hydroxyl groups is 2. The Labute approximate surface area is 230 Å². The van der Waals surface area contributed by atoms with Crippen LogP contribution in [0.2, 0.25) is 0 Å². The number of aliphatic carboxylic acids is 1. The highest BCUT2D eigenvalue weighted by atomic mass is 16.6. The van der Waals surface area contributed by atoms with E-state index < -0.39 is 65.6 Å². The molecule has 0 radical (unpaired) electrons. The Morgan fingerprint density at radius 1 is 1.23 bits per heavy atom. The Hall–Kier alpha value is -3.64. The first-order valence-electron chi connectivity index (χ1n) is 13.3. The van der Waals surface area contributed by atoms with E-state index in [-0.39, 0.29) is 18.1 Å². The smallest absolute Gasteiger partial charge is 0.352 e. The molecule has 1 amide bonds. The van der Waals surface area contributed by atoms with Gasteiger partial charge in [-0.3, -0.25) is 9.59 Å². The van der Waals surface area contributed by atoms with Crippen LogP contribution in [0.4, 0.5) is 0 Å². The summed E-state index contributed by atoms with van der Waals surface area (Å²) in [5.41, 5.74) is 0.0688. The zero-order chi connectivity index (χ0) is 29.0. The number of amides is 1. The van der Waals surface area contributed by atoms with E-state index in [1.54, 1.807) is 6.08 Å². The summed E-state index contributed by atoms with van der Waals surface area (Å²) in [6.07, 6.45) is 0.553. The van der Waals surface area contributed by atoms with Gasteiger partial charge in [-0.15, -0.1) is 0 Å². The number of benzene rings is 1. The quantitative estimate of drug-likeness (QED) is 0.316. The van der Waals surface area contributed by atoms with Crippen LogP contribution in [0.1, 0.15) is 57.1 Å². The third-order valence-electron chi connectivity index (χ3n) is 8.69. The number of carbonyl (C=O) groups excluding carboxylic acids is 3. The molecule has 216 valence electrons. The molecule has 4 N–H and O–H groups in total. The van der Waals surface area contributed by atoms with Crippen LogP contribution < -0.4 is 14.8 Å². The van der Waals surface area contributed by atoms with E-state index in [4.69, 9.17) is 18.9 Å². The van der Waals surface area contributed by atoms with Gasteiger partial charge < -0.3 is 39.6 Å². The molecule has 12 heteroatoms. The van der Waals surface area contributed by atoms with Crippen LogP contribution in [0, 0.1) is 5.92 Å². The Kier molecular flexibility index (Phi) is 7.03. The van der Waals surface area contributed by atoms with Crippen molar-refractivity contribution in [2.75, 3.05) is 7.11 Å². The number of carboxylic acid groups (broad SMARTS) is 1. The molecule has 5 rings (SSSR count). The van der Waals surface area contributed by atoms with Crippen LogP contribution in [0.25, 0.3) is 0 Å². The molecule has 4 aliphatic rings. The van der Waals surface area contributed by atoms with Gasteiger partial charge in [-0.2, -0.15) is 0 Å². The fraction of sp³-hybridized carbons (Fsp3) is 0.571. The van der Waals surface area contributed by atoms with Gasteiger partial charge in [0.2, 0.25) is 5.91 Å². The van der Waals surface area contributed by atoms with Gasteiger partial charge in [-0.25, -0.2) is 9.59 Å². The van der Waals surface area contributed by atoms with Crippen LogP contribution >= 0.6 is 0 Å². The fourth-order valence-electron chi connectivity index (χ4n) is 6.83. The van der Waals surface area contributed by atoms with Gasteiger partial charge in [0.25, 0.3) is 0 Å². The maximum atomic E-state index is 13.0. The Morgan fingerprint density at radius 2 is 1.98 bits per heavy atom. The number of methoxy groups -OCH3 is 1. The minimum absolute atomic E-state index is 0.0177. The van der Waals surface area contributed by atoms with Crippen molar-refractivity contribution in [1.29, 1.82) is 0 Å². The van der Waals surface area contributed by atoms with E-state index in [1.807, 2.05) is 17.4 Å². The number of carboxylic acids is 1. The van der Waals surface area contributed by atoms with Crippen molar-refractivity contribution in [1.82, 2.24) is 5.32 Å². The molecule has 1 aromatic carbocycles. The predicted molar refractivity (Wildman–Crippen MR) is 135 cm³/mol. The molecule has 2 bridgehead atoms. The average molecular weight is 560 g/mol. The summed E-state index contributed by atoms with van der Waals surface area (Å²) < 4.78 is 22.8. The first kappa shape index (κ1) is 27.9. The Morgan fingerprint density at radius 3 is 2.65 bits per heavy atom. The number of nitrogens with one attached hydrogen (secondary N) is 1. The van der Waals surface area contributed by atoms with Gasteiger partial charge >= 0.3 is 17.9 Å². The molecule has 1 heterocycles. The molecule has 0 unspecified atom stereocenters. The normalized spacial score (nSPS) is 29.5. The highest BCUT2D eigenvalue weighted by Gasteiger charge is 2.71. The molecule has 0 aromatic heterocycles. The average Bonchev–Trinajstić information content (AvgIpc) is 3.24. The van der Waals surface area contributed by atoms with Crippen molar-refractivity contribution >= 4 is 23.8 Å². The largest absolute Gasteiger partial charge is 0.493 e. The fourth-order valence-corrected chi connectivity index (χ4v) is 6.83. The lowest BCUT2D eigenvalue weighted by Crippen LogP contribution is -2.67. The van der Waals surface area contributed by atoms with Crippen molar-refractivity contribution < 1.29 is 53.4 Å². The molecular weight excluding hydrogens is 526 g/mol. The summed E-state index contributed by atoms with van der Waals surface area (Å²) >= 11 is 0. The molecule has 40 heavy (non-hydrogen) atoms. The molecule has 0 saturated heterocycles. The van der Waals surface area contributed by atoms with Gasteiger partial charge in [-0.05, 0) is 63.2 Å². The zero-order valence-corrected chi connectivity index (χ0v) is 22.5. The van der Waals surface area contributed by atoms with Crippen molar-refractivity contribution in [3.05, 3.63) is 35.1 Å². The second-order valence-corrected chi connectivity index (χ2v) is 11.0. The van der Waals surface area contributed by atoms with Gasteiger partial charge in [0, 0.05) is 5.56 Å². The van der Waals surface area contributed by atoms with Crippen molar-refractivity contribution in [3.63, 3.8) is 0 Å². The van der Waals surface area contributed by atoms with E-state index in [9.17, 15) is 34.5 Å². The lowest BCUT2D eigenvalue weighted by molar-refractivity contribution is -0.171. The third kappa shape index (κ3) is 4.21. The number of carbonyl (C=O) groups is 4. The second-order valence-electron chi connectivity index (χ2n) is 11.0. The molecule has 1 aliphatic heterocycles. The monoisotopic (exact) mass is 559 g/mol. The Balaban J connectivity index is 1.33. The molecule has 1 aromatic rings. The maximum Gasteiger partial charge on any atom is 0.352 e. The molecule has 7 atom stereocenters. The number of hydrogen-bond donors (Lipinski definition) is 4. The van der Waals surface area contributed by atoms with Crippen LogP contribution in [-0.2, 0) is 40.5 Å². The topological polar surface area (TPSA) is 178 Å². The van der Waals surface area contributed by atoms with Gasteiger partial charge in [0.05, 0.1) is 24.5 Å². The first-order valence-corrected chi connectivity index (χ1v) is 13.3. The number of ether oxygens (including phenoxy) is 4. The molecule has 1 fully saturated rings. The number of esters is 2. The standard InChI is InChI=1S/C28H33NO11/c1-13(30)24(32)29-17(25(33)34)12-20(31)38-14(2)26(35)39-19-8-10-28(36)16-5-4-9-27(28)21-15(11-16)6-7-18(37-3)22(21)40-23(19)27/h6-8,13-14,16-17,23,30,36H,4-5,9-12H2,1-3H3,(H,29,32)(H,33,34)/t13-,14-,16+,17-,23-,27-,28+/m0/s1. The van der Waals surface area contributed by atoms with Crippen molar-refractivity contribution in [3.8, 4) is 11.5 Å². The Bertz CT molecular complexity index is 1290. The summed E-state index contributed by atoms with van der Waals surface area (Å²) in [5.74, 6) is -3.16. The van der Waals surface area contributed by atoms with Crippen molar-refractivity contribution in [2.45, 2.75) is 87.7 Å². The van der Waals surface area contributed by atoms with E-state index in [0.717, 1.165) is 30.9 Å². The summed E-state index contributed by atoms with van der Waals surface area (Å²) in [4.78, 5) is 48.5. The minimum atomic E-state index is -1.66. The highest BCUT2D eigenvalue weighted by Crippen LogP contribution is 2.67. The lowest BCUT2D eigenvalue weighted by atomic mass is 9.47. The molecule has 1 saturated carbocycles. The van der Waals surface area contributed by atoms with E-state index in [1.165, 1.54) is 14.0 Å². The van der Waals surface area contributed by atoms with E-state index in [2.05, 4.69) is 0 Å². The molecule has 12 nitrogen and oxygen atoms in total. The third-order valence-corrected chi connectivity index (χ3v) is 8.69. The number of hydrogen-bond acceptors (Lipinski definition) is 10. The van der Waals surface area contributed by atoms with Gasteiger partial charge in [0.15, 0.2) is 23.7 Å². The van der Waals surface area contributed by atoms with E-state index in [0.29, 0.717) is 24.3 Å². The van der Waals surface area contributed by atoms with Crippen molar-refractivity contribution in [2.24, 2.45) is 5.92 Å².